The minimum atomic E-state index is 0.218. The first kappa shape index (κ1) is 15.6. The van der Waals surface area contributed by atoms with Gasteiger partial charge in [0.15, 0.2) is 4.34 Å². The third-order valence-corrected chi connectivity index (χ3v) is 5.25. The van der Waals surface area contributed by atoms with Gasteiger partial charge in [-0.05, 0) is 32.6 Å². The number of anilines is 1. The molecule has 0 atom stereocenters. The second-order valence-electron chi connectivity index (χ2n) is 5.52. The van der Waals surface area contributed by atoms with Crippen LogP contribution in [0.4, 0.5) is 5.13 Å². The van der Waals surface area contributed by atoms with Gasteiger partial charge >= 0.3 is 0 Å². The lowest BCUT2D eigenvalue weighted by atomic mass is 9.99. The molecule has 1 aliphatic rings. The first-order valence-corrected chi connectivity index (χ1v) is 8.85. The van der Waals surface area contributed by atoms with Crippen molar-refractivity contribution in [3.05, 3.63) is 0 Å². The van der Waals surface area contributed by atoms with Crippen molar-refractivity contribution in [1.29, 1.82) is 0 Å². The maximum Gasteiger partial charge on any atom is 0.233 e. The van der Waals surface area contributed by atoms with Crippen LogP contribution in [0.2, 0.25) is 0 Å². The molecule has 2 heterocycles. The Labute approximate surface area is 128 Å². The van der Waals surface area contributed by atoms with E-state index in [1.165, 1.54) is 23.1 Å². The molecule has 0 saturated carbocycles. The summed E-state index contributed by atoms with van der Waals surface area (Å²) in [4.78, 5) is 14.1. The molecule has 1 fully saturated rings. The summed E-state index contributed by atoms with van der Waals surface area (Å²) in [5.74, 6) is 1.43. The van der Waals surface area contributed by atoms with E-state index in [2.05, 4.69) is 36.3 Å². The van der Waals surface area contributed by atoms with Crippen LogP contribution in [0, 0.1) is 5.92 Å². The Morgan fingerprint density at radius 1 is 1.45 bits per heavy atom. The van der Waals surface area contributed by atoms with E-state index in [0.717, 1.165) is 41.3 Å². The van der Waals surface area contributed by atoms with Gasteiger partial charge in [-0.2, -0.15) is 0 Å². The van der Waals surface area contributed by atoms with Gasteiger partial charge in [0.05, 0.1) is 5.75 Å². The zero-order chi connectivity index (χ0) is 14.5. The fourth-order valence-corrected chi connectivity index (χ4v) is 3.85. The van der Waals surface area contributed by atoms with Gasteiger partial charge in [-0.1, -0.05) is 30.0 Å². The van der Waals surface area contributed by atoms with Gasteiger partial charge in [-0.25, -0.2) is 0 Å². The smallest absolute Gasteiger partial charge is 0.233 e. The molecule has 112 valence electrons. The molecule has 1 aromatic rings. The molecule has 1 N–H and O–H groups in total. The molecule has 1 aromatic heterocycles. The van der Waals surface area contributed by atoms with Crippen molar-refractivity contribution >= 4 is 34.1 Å². The zero-order valence-electron chi connectivity index (χ0n) is 12.3. The standard InChI is InChI=1S/C13H22N4OS2/c1-9(2)14-12-15-16-13(20-12)19-8-11(18)17-6-4-10(3)5-7-17/h9-10H,4-8H2,1-3H3,(H,14,15). The van der Waals surface area contributed by atoms with Gasteiger partial charge in [0.25, 0.3) is 0 Å². The molecule has 2 rings (SSSR count). The molecular weight excluding hydrogens is 292 g/mol. The first-order chi connectivity index (χ1) is 9.54. The highest BCUT2D eigenvalue weighted by Crippen LogP contribution is 2.26. The van der Waals surface area contributed by atoms with Gasteiger partial charge < -0.3 is 10.2 Å². The second kappa shape index (κ2) is 7.26. The van der Waals surface area contributed by atoms with Crippen molar-refractivity contribution in [2.45, 2.75) is 44.0 Å². The van der Waals surface area contributed by atoms with Gasteiger partial charge in [-0.15, -0.1) is 10.2 Å². The highest BCUT2D eigenvalue weighted by atomic mass is 32.2. The molecule has 1 amide bonds. The number of rotatable bonds is 5. The van der Waals surface area contributed by atoms with Crippen molar-refractivity contribution < 1.29 is 4.79 Å². The highest BCUT2D eigenvalue weighted by Gasteiger charge is 2.20. The summed E-state index contributed by atoms with van der Waals surface area (Å²) in [7, 11) is 0. The van der Waals surface area contributed by atoms with Crippen LogP contribution in [0.5, 0.6) is 0 Å². The largest absolute Gasteiger partial charge is 0.358 e. The third kappa shape index (κ3) is 4.63. The summed E-state index contributed by atoms with van der Waals surface area (Å²) in [5.41, 5.74) is 0. The van der Waals surface area contributed by atoms with E-state index < -0.39 is 0 Å². The van der Waals surface area contributed by atoms with Crippen molar-refractivity contribution in [2.24, 2.45) is 5.92 Å². The maximum absolute atomic E-state index is 12.1. The van der Waals surface area contributed by atoms with Crippen molar-refractivity contribution in [1.82, 2.24) is 15.1 Å². The number of likely N-dealkylation sites (tertiary alicyclic amines) is 1. The predicted molar refractivity (Wildman–Crippen MR) is 84.4 cm³/mol. The van der Waals surface area contributed by atoms with Crippen LogP contribution in [-0.2, 0) is 4.79 Å². The molecule has 0 unspecified atom stereocenters. The Bertz CT molecular complexity index is 441. The van der Waals surface area contributed by atoms with Crippen LogP contribution >= 0.6 is 23.1 Å². The fraction of sp³-hybridized carbons (Fsp3) is 0.769. The van der Waals surface area contributed by atoms with E-state index in [-0.39, 0.29) is 5.91 Å². The van der Waals surface area contributed by atoms with Gasteiger partial charge in [0, 0.05) is 19.1 Å². The molecule has 5 nitrogen and oxygen atoms in total. The van der Waals surface area contributed by atoms with Crippen LogP contribution in [0.15, 0.2) is 4.34 Å². The van der Waals surface area contributed by atoms with Crippen molar-refractivity contribution in [3.8, 4) is 0 Å². The van der Waals surface area contributed by atoms with Crippen LogP contribution in [0.25, 0.3) is 0 Å². The number of hydrogen-bond donors (Lipinski definition) is 1. The summed E-state index contributed by atoms with van der Waals surface area (Å²) in [6, 6.07) is 0.345. The van der Waals surface area contributed by atoms with E-state index >= 15 is 0 Å². The lowest BCUT2D eigenvalue weighted by Crippen LogP contribution is -2.38. The Balaban J connectivity index is 1.77. The summed E-state index contributed by atoms with van der Waals surface area (Å²) in [5, 5.41) is 12.2. The maximum atomic E-state index is 12.1. The molecule has 0 radical (unpaired) electrons. The highest BCUT2D eigenvalue weighted by molar-refractivity contribution is 8.01. The number of carbonyl (C=O) groups is 1. The summed E-state index contributed by atoms with van der Waals surface area (Å²) >= 11 is 2.99. The summed E-state index contributed by atoms with van der Waals surface area (Å²) in [6.45, 7) is 8.18. The number of nitrogens with one attached hydrogen (secondary N) is 1. The quantitative estimate of drug-likeness (QED) is 0.847. The summed E-state index contributed by atoms with van der Waals surface area (Å²) in [6.07, 6.45) is 2.25. The second-order valence-corrected chi connectivity index (χ2v) is 7.72. The van der Waals surface area contributed by atoms with E-state index in [1.807, 2.05) is 4.90 Å². The normalized spacial score (nSPS) is 16.7. The Kier molecular flexibility index (Phi) is 5.65. The number of hydrogen-bond acceptors (Lipinski definition) is 6. The average molecular weight is 314 g/mol. The topological polar surface area (TPSA) is 58.1 Å². The number of piperidine rings is 1. The SMILES string of the molecule is CC1CCN(C(=O)CSc2nnc(NC(C)C)s2)CC1. The minimum absolute atomic E-state index is 0.218. The molecule has 1 saturated heterocycles. The number of aromatic nitrogens is 2. The van der Waals surface area contributed by atoms with Crippen LogP contribution < -0.4 is 5.32 Å². The van der Waals surface area contributed by atoms with Crippen molar-refractivity contribution in [3.63, 3.8) is 0 Å². The number of amides is 1. The Morgan fingerprint density at radius 3 is 2.80 bits per heavy atom. The minimum Gasteiger partial charge on any atom is -0.358 e. The lowest BCUT2D eigenvalue weighted by Gasteiger charge is -2.30. The molecule has 20 heavy (non-hydrogen) atoms. The van der Waals surface area contributed by atoms with E-state index in [4.69, 9.17) is 0 Å². The molecule has 0 aliphatic carbocycles. The Morgan fingerprint density at radius 2 is 2.15 bits per heavy atom. The predicted octanol–water partition coefficient (Wildman–Crippen LogP) is 2.71. The number of carbonyl (C=O) groups excluding carboxylic acids is 1. The summed E-state index contributed by atoms with van der Waals surface area (Å²) < 4.78 is 0.854. The van der Waals surface area contributed by atoms with E-state index in [9.17, 15) is 4.79 Å². The number of nitrogens with zero attached hydrogens (tertiary/aromatic N) is 3. The molecular formula is C13H22N4OS2. The molecule has 0 spiro atoms. The van der Waals surface area contributed by atoms with Gasteiger partial charge in [-0.3, -0.25) is 4.79 Å². The van der Waals surface area contributed by atoms with Gasteiger partial charge in [0.2, 0.25) is 11.0 Å². The number of thioether (sulfide) groups is 1. The molecule has 0 bridgehead atoms. The monoisotopic (exact) mass is 314 g/mol. The molecule has 1 aliphatic heterocycles. The van der Waals surface area contributed by atoms with Crippen LogP contribution in [0.3, 0.4) is 0 Å². The van der Waals surface area contributed by atoms with Crippen molar-refractivity contribution in [2.75, 3.05) is 24.2 Å². The van der Waals surface area contributed by atoms with Crippen LogP contribution in [-0.4, -0.2) is 45.9 Å². The average Bonchev–Trinajstić information content (AvgIpc) is 2.83. The fourth-order valence-electron chi connectivity index (χ4n) is 2.05. The van der Waals surface area contributed by atoms with Gasteiger partial charge in [0.1, 0.15) is 0 Å². The van der Waals surface area contributed by atoms with Crippen LogP contribution in [0.1, 0.15) is 33.6 Å². The van der Waals surface area contributed by atoms with E-state index in [0.29, 0.717) is 11.8 Å². The molecule has 7 heteroatoms. The Hall–Kier alpha value is -0.820. The third-order valence-electron chi connectivity index (χ3n) is 3.27. The zero-order valence-corrected chi connectivity index (χ0v) is 13.9. The molecule has 0 aromatic carbocycles. The first-order valence-electron chi connectivity index (χ1n) is 7.05. The van der Waals surface area contributed by atoms with E-state index in [1.54, 1.807) is 0 Å². The lowest BCUT2D eigenvalue weighted by molar-refractivity contribution is -0.129.